The van der Waals surface area contributed by atoms with Crippen LogP contribution in [-0.2, 0) is 6.42 Å². The Labute approximate surface area is 124 Å². The molecule has 1 aromatic rings. The molecular weight excluding hydrogens is 242 g/mol. The second-order valence-corrected chi connectivity index (χ2v) is 6.36. The van der Waals surface area contributed by atoms with Crippen LogP contribution in [0.4, 0.5) is 0 Å². The van der Waals surface area contributed by atoms with Gasteiger partial charge in [0.1, 0.15) is 0 Å². The molecule has 0 spiro atoms. The molecule has 1 aromatic carbocycles. The monoisotopic (exact) mass is 269 g/mol. The number of nitrogens with zero attached hydrogens (tertiary/aromatic N) is 1. The standard InChI is InChI=1S/C19H27N/c1-4-13-20-14-11-18(12-15-20)6-5-17-7-9-19(10-8-17)16(2)3/h1,7-10,16,18H,5-6,11-15H2,2-3H3. The van der Waals surface area contributed by atoms with E-state index in [0.717, 1.165) is 12.5 Å². The summed E-state index contributed by atoms with van der Waals surface area (Å²) in [5, 5.41) is 0. The third-order valence-corrected chi connectivity index (χ3v) is 4.51. The normalized spacial score (nSPS) is 17.3. The van der Waals surface area contributed by atoms with Crippen LogP contribution in [0, 0.1) is 18.3 Å². The van der Waals surface area contributed by atoms with E-state index in [-0.39, 0.29) is 0 Å². The molecule has 0 bridgehead atoms. The maximum Gasteiger partial charge on any atom is 0.0598 e. The van der Waals surface area contributed by atoms with E-state index >= 15 is 0 Å². The molecule has 2 rings (SSSR count). The highest BCUT2D eigenvalue weighted by Gasteiger charge is 2.18. The predicted octanol–water partition coefficient (Wildman–Crippen LogP) is 4.09. The lowest BCUT2D eigenvalue weighted by Gasteiger charge is -2.30. The molecule has 1 fully saturated rings. The van der Waals surface area contributed by atoms with Crippen LogP contribution >= 0.6 is 0 Å². The minimum absolute atomic E-state index is 0.629. The van der Waals surface area contributed by atoms with Gasteiger partial charge < -0.3 is 0 Å². The zero-order valence-corrected chi connectivity index (χ0v) is 12.9. The number of piperidine rings is 1. The lowest BCUT2D eigenvalue weighted by atomic mass is 9.90. The van der Waals surface area contributed by atoms with E-state index < -0.39 is 0 Å². The molecular formula is C19H27N. The van der Waals surface area contributed by atoms with Crippen LogP contribution in [0.5, 0.6) is 0 Å². The molecule has 1 nitrogen and oxygen atoms in total. The molecule has 0 saturated carbocycles. The van der Waals surface area contributed by atoms with Crippen molar-refractivity contribution in [2.24, 2.45) is 5.92 Å². The number of rotatable bonds is 5. The van der Waals surface area contributed by atoms with Gasteiger partial charge in [-0.05, 0) is 61.7 Å². The molecule has 1 heterocycles. The summed E-state index contributed by atoms with van der Waals surface area (Å²) in [6.45, 7) is 7.68. The number of aryl methyl sites for hydroxylation is 1. The van der Waals surface area contributed by atoms with Gasteiger partial charge in [-0.25, -0.2) is 0 Å². The van der Waals surface area contributed by atoms with Gasteiger partial charge in [-0.3, -0.25) is 4.90 Å². The lowest BCUT2D eigenvalue weighted by Crippen LogP contribution is -2.34. The summed E-state index contributed by atoms with van der Waals surface area (Å²) in [6, 6.07) is 9.19. The second kappa shape index (κ2) is 7.50. The first-order chi connectivity index (χ1) is 9.69. The quantitative estimate of drug-likeness (QED) is 0.728. The van der Waals surface area contributed by atoms with Gasteiger partial charge in [0.05, 0.1) is 6.54 Å². The maximum atomic E-state index is 5.37. The van der Waals surface area contributed by atoms with Crippen molar-refractivity contribution in [1.29, 1.82) is 0 Å². The fraction of sp³-hybridized carbons (Fsp3) is 0.579. The van der Waals surface area contributed by atoms with E-state index in [4.69, 9.17) is 6.42 Å². The Morgan fingerprint density at radius 1 is 1.20 bits per heavy atom. The van der Waals surface area contributed by atoms with E-state index in [0.29, 0.717) is 5.92 Å². The van der Waals surface area contributed by atoms with Gasteiger partial charge in [-0.15, -0.1) is 6.42 Å². The van der Waals surface area contributed by atoms with E-state index in [1.165, 1.54) is 49.9 Å². The van der Waals surface area contributed by atoms with Gasteiger partial charge in [-0.1, -0.05) is 44.0 Å². The molecule has 1 heteroatoms. The molecule has 0 aromatic heterocycles. The predicted molar refractivity (Wildman–Crippen MR) is 86.8 cm³/mol. The number of terminal acetylenes is 1. The van der Waals surface area contributed by atoms with Gasteiger partial charge in [0, 0.05) is 0 Å². The third-order valence-electron chi connectivity index (χ3n) is 4.51. The van der Waals surface area contributed by atoms with Crippen LogP contribution < -0.4 is 0 Å². The third kappa shape index (κ3) is 4.39. The first-order valence-electron chi connectivity index (χ1n) is 7.93. The molecule has 0 aliphatic carbocycles. The van der Waals surface area contributed by atoms with Gasteiger partial charge >= 0.3 is 0 Å². The summed E-state index contributed by atoms with van der Waals surface area (Å²) in [5.41, 5.74) is 2.93. The Morgan fingerprint density at radius 2 is 1.85 bits per heavy atom. The Morgan fingerprint density at radius 3 is 2.40 bits per heavy atom. The van der Waals surface area contributed by atoms with Crippen molar-refractivity contribution in [3.63, 3.8) is 0 Å². The Balaban J connectivity index is 1.74. The Hall–Kier alpha value is -1.26. The molecule has 0 unspecified atom stereocenters. The molecule has 1 saturated heterocycles. The van der Waals surface area contributed by atoms with Crippen LogP contribution in [0.15, 0.2) is 24.3 Å². The maximum absolute atomic E-state index is 5.37. The van der Waals surface area contributed by atoms with E-state index in [9.17, 15) is 0 Å². The van der Waals surface area contributed by atoms with Gasteiger partial charge in [0.2, 0.25) is 0 Å². The summed E-state index contributed by atoms with van der Waals surface area (Å²) < 4.78 is 0. The zero-order valence-electron chi connectivity index (χ0n) is 12.9. The van der Waals surface area contributed by atoms with Crippen LogP contribution in [-0.4, -0.2) is 24.5 Å². The fourth-order valence-corrected chi connectivity index (χ4v) is 3.00. The highest BCUT2D eigenvalue weighted by atomic mass is 15.1. The van der Waals surface area contributed by atoms with Crippen molar-refractivity contribution in [2.45, 2.75) is 45.4 Å². The minimum atomic E-state index is 0.629. The molecule has 0 radical (unpaired) electrons. The van der Waals surface area contributed by atoms with Gasteiger partial charge in [0.15, 0.2) is 0 Å². The van der Waals surface area contributed by atoms with Crippen molar-refractivity contribution in [1.82, 2.24) is 4.90 Å². The largest absolute Gasteiger partial charge is 0.292 e. The van der Waals surface area contributed by atoms with Crippen LogP contribution in [0.25, 0.3) is 0 Å². The number of hydrogen-bond acceptors (Lipinski definition) is 1. The summed E-state index contributed by atoms with van der Waals surface area (Å²) >= 11 is 0. The number of benzene rings is 1. The second-order valence-electron chi connectivity index (χ2n) is 6.36. The summed E-state index contributed by atoms with van der Waals surface area (Å²) in [4.78, 5) is 2.40. The van der Waals surface area contributed by atoms with E-state index in [2.05, 4.69) is 48.9 Å². The molecule has 0 amide bonds. The molecule has 0 atom stereocenters. The molecule has 20 heavy (non-hydrogen) atoms. The van der Waals surface area contributed by atoms with Gasteiger partial charge in [-0.2, -0.15) is 0 Å². The zero-order chi connectivity index (χ0) is 14.4. The molecule has 1 aliphatic heterocycles. The van der Waals surface area contributed by atoms with Crippen molar-refractivity contribution >= 4 is 0 Å². The first kappa shape index (κ1) is 15.1. The molecule has 108 valence electrons. The van der Waals surface area contributed by atoms with E-state index in [1.807, 2.05) is 0 Å². The lowest BCUT2D eigenvalue weighted by molar-refractivity contribution is 0.197. The Kier molecular flexibility index (Phi) is 5.68. The highest BCUT2D eigenvalue weighted by Crippen LogP contribution is 2.23. The Bertz CT molecular complexity index is 430. The van der Waals surface area contributed by atoms with Crippen LogP contribution in [0.1, 0.15) is 50.2 Å². The van der Waals surface area contributed by atoms with Crippen molar-refractivity contribution in [3.05, 3.63) is 35.4 Å². The highest BCUT2D eigenvalue weighted by molar-refractivity contribution is 5.24. The van der Waals surface area contributed by atoms with Gasteiger partial charge in [0.25, 0.3) is 0 Å². The van der Waals surface area contributed by atoms with Crippen LogP contribution in [0.2, 0.25) is 0 Å². The fourth-order valence-electron chi connectivity index (χ4n) is 3.00. The van der Waals surface area contributed by atoms with Crippen molar-refractivity contribution in [3.8, 4) is 12.3 Å². The SMILES string of the molecule is C#CCN1CCC(CCc2ccc(C(C)C)cc2)CC1. The average Bonchev–Trinajstić information content (AvgIpc) is 2.47. The molecule has 0 N–H and O–H groups in total. The summed E-state index contributed by atoms with van der Waals surface area (Å²) in [7, 11) is 0. The molecule has 1 aliphatic rings. The summed E-state index contributed by atoms with van der Waals surface area (Å²) in [5.74, 6) is 4.26. The first-order valence-corrected chi connectivity index (χ1v) is 7.93. The minimum Gasteiger partial charge on any atom is -0.292 e. The van der Waals surface area contributed by atoms with Crippen LogP contribution in [0.3, 0.4) is 0 Å². The van der Waals surface area contributed by atoms with Crippen molar-refractivity contribution < 1.29 is 0 Å². The average molecular weight is 269 g/mol. The number of hydrogen-bond donors (Lipinski definition) is 0. The number of likely N-dealkylation sites (tertiary alicyclic amines) is 1. The smallest absolute Gasteiger partial charge is 0.0598 e. The summed E-state index contributed by atoms with van der Waals surface area (Å²) in [6.07, 6.45) is 10.5. The van der Waals surface area contributed by atoms with Crippen molar-refractivity contribution in [2.75, 3.05) is 19.6 Å². The topological polar surface area (TPSA) is 3.24 Å². The van der Waals surface area contributed by atoms with E-state index in [1.54, 1.807) is 0 Å².